The van der Waals surface area contributed by atoms with E-state index in [1.54, 1.807) is 0 Å². The van der Waals surface area contributed by atoms with E-state index < -0.39 is 0 Å². The zero-order valence-electron chi connectivity index (χ0n) is 11.6. The Morgan fingerprint density at radius 1 is 1.32 bits per heavy atom. The lowest BCUT2D eigenvalue weighted by atomic mass is 10.1. The number of hydrogen-bond acceptors (Lipinski definition) is 3. The molecule has 0 radical (unpaired) electrons. The van der Waals surface area contributed by atoms with Crippen LogP contribution >= 0.6 is 0 Å². The van der Waals surface area contributed by atoms with Crippen LogP contribution in [0.15, 0.2) is 18.2 Å². The van der Waals surface area contributed by atoms with Gasteiger partial charge in [-0.15, -0.1) is 0 Å². The fourth-order valence-corrected chi connectivity index (χ4v) is 2.31. The maximum absolute atomic E-state index is 5.70. The quantitative estimate of drug-likeness (QED) is 0.913. The minimum Gasteiger partial charge on any atom is -0.330 e. The Morgan fingerprint density at radius 3 is 2.79 bits per heavy atom. The first-order valence-corrected chi connectivity index (χ1v) is 6.92. The van der Waals surface area contributed by atoms with E-state index in [0.29, 0.717) is 12.5 Å². The van der Waals surface area contributed by atoms with Crippen molar-refractivity contribution in [1.82, 2.24) is 14.8 Å². The Morgan fingerprint density at radius 2 is 2.11 bits per heavy atom. The summed E-state index contributed by atoms with van der Waals surface area (Å²) in [4.78, 5) is 4.68. The van der Waals surface area contributed by atoms with Crippen molar-refractivity contribution in [1.29, 1.82) is 0 Å². The number of nitrogens with two attached hydrogens (primary N) is 1. The molecule has 0 spiro atoms. The van der Waals surface area contributed by atoms with Crippen molar-refractivity contribution in [3.05, 3.63) is 41.0 Å². The van der Waals surface area contributed by atoms with Gasteiger partial charge in [0, 0.05) is 12.3 Å². The van der Waals surface area contributed by atoms with Crippen LogP contribution in [0.3, 0.4) is 0 Å². The SMILES string of the molecule is Cc1ccc(C)c(-n2nc(C3CC3)nc2CCN)c1. The standard InChI is InChI=1S/C15H20N4/c1-10-3-4-11(2)13(9-10)19-14(7-8-16)17-15(18-19)12-5-6-12/h3-4,9,12H,5-8,16H2,1-2H3. The molecule has 1 heterocycles. The first-order chi connectivity index (χ1) is 9.19. The molecule has 1 aromatic heterocycles. The first kappa shape index (κ1) is 12.4. The smallest absolute Gasteiger partial charge is 0.154 e. The highest BCUT2D eigenvalue weighted by Crippen LogP contribution is 2.38. The molecular formula is C15H20N4. The third-order valence-electron chi connectivity index (χ3n) is 3.59. The van der Waals surface area contributed by atoms with Crippen LogP contribution in [0.2, 0.25) is 0 Å². The molecule has 1 aliphatic carbocycles. The number of hydrogen-bond donors (Lipinski definition) is 1. The summed E-state index contributed by atoms with van der Waals surface area (Å²) in [6, 6.07) is 6.43. The summed E-state index contributed by atoms with van der Waals surface area (Å²) in [5.74, 6) is 2.55. The third-order valence-corrected chi connectivity index (χ3v) is 3.59. The van der Waals surface area contributed by atoms with E-state index in [0.717, 1.165) is 23.8 Å². The van der Waals surface area contributed by atoms with Crippen LogP contribution in [0, 0.1) is 13.8 Å². The Kier molecular flexibility index (Phi) is 3.11. The van der Waals surface area contributed by atoms with Gasteiger partial charge in [0.05, 0.1) is 5.69 Å². The zero-order valence-corrected chi connectivity index (χ0v) is 11.6. The van der Waals surface area contributed by atoms with Crippen LogP contribution in [0.4, 0.5) is 0 Å². The molecule has 1 saturated carbocycles. The lowest BCUT2D eigenvalue weighted by molar-refractivity contribution is 0.765. The fourth-order valence-electron chi connectivity index (χ4n) is 2.31. The summed E-state index contributed by atoms with van der Waals surface area (Å²) in [7, 11) is 0. The largest absolute Gasteiger partial charge is 0.330 e. The number of benzene rings is 1. The molecular weight excluding hydrogens is 236 g/mol. The Balaban J connectivity index is 2.08. The highest BCUT2D eigenvalue weighted by Gasteiger charge is 2.29. The van der Waals surface area contributed by atoms with Gasteiger partial charge < -0.3 is 5.73 Å². The van der Waals surface area contributed by atoms with E-state index in [2.05, 4.69) is 37.0 Å². The molecule has 19 heavy (non-hydrogen) atoms. The minimum atomic E-state index is 0.572. The average Bonchev–Trinajstić information content (AvgIpc) is 3.15. The molecule has 1 aromatic carbocycles. The first-order valence-electron chi connectivity index (χ1n) is 6.92. The van der Waals surface area contributed by atoms with Crippen molar-refractivity contribution in [2.45, 2.75) is 39.0 Å². The van der Waals surface area contributed by atoms with Crippen LogP contribution in [0.1, 0.15) is 41.5 Å². The zero-order chi connectivity index (χ0) is 13.4. The molecule has 2 N–H and O–H groups in total. The van der Waals surface area contributed by atoms with E-state index in [1.807, 2.05) is 4.68 Å². The highest BCUT2D eigenvalue weighted by molar-refractivity contribution is 5.43. The summed E-state index contributed by atoms with van der Waals surface area (Å²) in [5, 5.41) is 4.71. The number of aryl methyl sites for hydroxylation is 2. The highest BCUT2D eigenvalue weighted by atomic mass is 15.4. The second kappa shape index (κ2) is 4.78. The monoisotopic (exact) mass is 256 g/mol. The summed E-state index contributed by atoms with van der Waals surface area (Å²) >= 11 is 0. The maximum Gasteiger partial charge on any atom is 0.154 e. The van der Waals surface area contributed by atoms with Gasteiger partial charge in [0.1, 0.15) is 5.82 Å². The second-order valence-corrected chi connectivity index (χ2v) is 5.40. The van der Waals surface area contributed by atoms with Gasteiger partial charge in [0.15, 0.2) is 5.82 Å². The summed E-state index contributed by atoms with van der Waals surface area (Å²) in [6.45, 7) is 4.82. The number of rotatable bonds is 4. The van der Waals surface area contributed by atoms with Crippen LogP contribution in [-0.2, 0) is 6.42 Å². The van der Waals surface area contributed by atoms with Crippen molar-refractivity contribution in [2.75, 3.05) is 6.54 Å². The second-order valence-electron chi connectivity index (χ2n) is 5.40. The van der Waals surface area contributed by atoms with Crippen LogP contribution in [0.5, 0.6) is 0 Å². The van der Waals surface area contributed by atoms with E-state index in [9.17, 15) is 0 Å². The topological polar surface area (TPSA) is 56.7 Å². The lowest BCUT2D eigenvalue weighted by Gasteiger charge is -2.09. The predicted octanol–water partition coefficient (Wildman–Crippen LogP) is 2.26. The van der Waals surface area contributed by atoms with E-state index in [1.165, 1.54) is 24.0 Å². The molecule has 4 nitrogen and oxygen atoms in total. The molecule has 1 aliphatic rings. The average molecular weight is 256 g/mol. The van der Waals surface area contributed by atoms with Crippen molar-refractivity contribution >= 4 is 0 Å². The molecule has 3 rings (SSSR count). The van der Waals surface area contributed by atoms with Crippen LogP contribution in [-0.4, -0.2) is 21.3 Å². The summed E-state index contributed by atoms with van der Waals surface area (Å²) in [5.41, 5.74) is 9.28. The predicted molar refractivity (Wildman–Crippen MR) is 75.6 cm³/mol. The van der Waals surface area contributed by atoms with Crippen LogP contribution < -0.4 is 5.73 Å². The molecule has 2 aromatic rings. The molecule has 4 heteroatoms. The molecule has 0 aliphatic heterocycles. The molecule has 0 saturated heterocycles. The summed E-state index contributed by atoms with van der Waals surface area (Å²) in [6.07, 6.45) is 3.21. The van der Waals surface area contributed by atoms with Gasteiger partial charge in [-0.1, -0.05) is 12.1 Å². The molecule has 0 bridgehead atoms. The molecule has 0 unspecified atom stereocenters. The van der Waals surface area contributed by atoms with Crippen molar-refractivity contribution in [2.24, 2.45) is 5.73 Å². The van der Waals surface area contributed by atoms with E-state index >= 15 is 0 Å². The van der Waals surface area contributed by atoms with Crippen molar-refractivity contribution in [3.8, 4) is 5.69 Å². The van der Waals surface area contributed by atoms with Gasteiger partial charge in [0.2, 0.25) is 0 Å². The Labute approximate surface area is 113 Å². The van der Waals surface area contributed by atoms with Gasteiger partial charge in [-0.05, 0) is 50.4 Å². The Bertz CT molecular complexity index is 596. The van der Waals surface area contributed by atoms with Crippen molar-refractivity contribution in [3.63, 3.8) is 0 Å². The Hall–Kier alpha value is -1.68. The fraction of sp³-hybridized carbons (Fsp3) is 0.467. The molecule has 0 atom stereocenters. The normalized spacial score (nSPS) is 14.9. The number of aromatic nitrogens is 3. The van der Waals surface area contributed by atoms with E-state index in [4.69, 9.17) is 10.8 Å². The molecule has 1 fully saturated rings. The van der Waals surface area contributed by atoms with E-state index in [-0.39, 0.29) is 0 Å². The summed E-state index contributed by atoms with van der Waals surface area (Å²) < 4.78 is 1.99. The van der Waals surface area contributed by atoms with Gasteiger partial charge >= 0.3 is 0 Å². The van der Waals surface area contributed by atoms with Gasteiger partial charge in [-0.2, -0.15) is 5.10 Å². The number of nitrogens with zero attached hydrogens (tertiary/aromatic N) is 3. The van der Waals surface area contributed by atoms with Gasteiger partial charge in [0.25, 0.3) is 0 Å². The maximum atomic E-state index is 5.70. The lowest BCUT2D eigenvalue weighted by Crippen LogP contribution is -2.10. The molecule has 0 amide bonds. The van der Waals surface area contributed by atoms with Crippen LogP contribution in [0.25, 0.3) is 5.69 Å². The minimum absolute atomic E-state index is 0.572. The van der Waals surface area contributed by atoms with Gasteiger partial charge in [-0.25, -0.2) is 9.67 Å². The third kappa shape index (κ3) is 2.40. The molecule has 100 valence electrons. The van der Waals surface area contributed by atoms with Gasteiger partial charge in [-0.3, -0.25) is 0 Å². The van der Waals surface area contributed by atoms with Crippen molar-refractivity contribution < 1.29 is 0 Å².